The molecule has 1 saturated heterocycles. The molecule has 0 aliphatic carbocycles. The van der Waals surface area contributed by atoms with E-state index >= 15 is 0 Å². The van der Waals surface area contributed by atoms with Crippen LogP contribution in [0.5, 0.6) is 0 Å². The molecule has 1 aromatic heterocycles. The van der Waals surface area contributed by atoms with Crippen molar-refractivity contribution in [3.63, 3.8) is 0 Å². The fraction of sp³-hybridized carbons (Fsp3) is 0.692. The molecule has 0 aromatic carbocycles. The van der Waals surface area contributed by atoms with Gasteiger partial charge >= 0.3 is 0 Å². The molecule has 1 aliphatic rings. The van der Waals surface area contributed by atoms with Gasteiger partial charge in [0, 0.05) is 30.1 Å². The van der Waals surface area contributed by atoms with E-state index in [9.17, 15) is 0 Å². The molecule has 2 rings (SSSR count). The van der Waals surface area contributed by atoms with Crippen LogP contribution in [0.1, 0.15) is 27.2 Å². The van der Waals surface area contributed by atoms with Gasteiger partial charge in [0.25, 0.3) is 0 Å². The predicted octanol–water partition coefficient (Wildman–Crippen LogP) is 3.39. The highest BCUT2D eigenvalue weighted by atomic mass is 79.9. The lowest BCUT2D eigenvalue weighted by Crippen LogP contribution is -2.41. The lowest BCUT2D eigenvalue weighted by molar-refractivity contribution is 0.715. The van der Waals surface area contributed by atoms with Crippen molar-refractivity contribution in [2.45, 2.75) is 37.7 Å². The minimum Gasteiger partial charge on any atom is -0.369 e. The molecule has 0 bridgehead atoms. The number of hydrogen-bond acceptors (Lipinski definition) is 5. The van der Waals surface area contributed by atoms with E-state index in [2.05, 4.69) is 56.9 Å². The molecule has 1 aliphatic heterocycles. The van der Waals surface area contributed by atoms with Gasteiger partial charge in [-0.3, -0.25) is 0 Å². The zero-order valence-corrected chi connectivity index (χ0v) is 14.1. The highest BCUT2D eigenvalue weighted by Crippen LogP contribution is 2.34. The Bertz CT molecular complexity index is 419. The normalized spacial score (nSPS) is 23.5. The third-order valence-corrected chi connectivity index (χ3v) is 4.99. The van der Waals surface area contributed by atoms with Crippen LogP contribution < -0.4 is 10.2 Å². The maximum absolute atomic E-state index is 4.46. The molecule has 19 heavy (non-hydrogen) atoms. The van der Waals surface area contributed by atoms with Gasteiger partial charge in [-0.15, -0.1) is 0 Å². The maximum atomic E-state index is 4.46. The van der Waals surface area contributed by atoms with Gasteiger partial charge in [-0.25, -0.2) is 9.97 Å². The summed E-state index contributed by atoms with van der Waals surface area (Å²) < 4.78 is 0.981. The van der Waals surface area contributed by atoms with Crippen LogP contribution in [0.4, 0.5) is 11.6 Å². The quantitative estimate of drug-likeness (QED) is 0.906. The van der Waals surface area contributed by atoms with Crippen molar-refractivity contribution in [2.24, 2.45) is 0 Å². The lowest BCUT2D eigenvalue weighted by Gasteiger charge is -2.35. The van der Waals surface area contributed by atoms with Crippen molar-refractivity contribution < 1.29 is 0 Å². The van der Waals surface area contributed by atoms with Crippen molar-refractivity contribution >= 4 is 39.3 Å². The van der Waals surface area contributed by atoms with Gasteiger partial charge in [-0.1, -0.05) is 20.8 Å². The van der Waals surface area contributed by atoms with E-state index in [1.165, 1.54) is 0 Å². The second-order valence-electron chi connectivity index (χ2n) is 4.95. The molecule has 6 heteroatoms. The number of nitrogens with zero attached hydrogens (tertiary/aromatic N) is 3. The molecule has 2 heterocycles. The Morgan fingerprint density at radius 1 is 1.37 bits per heavy atom. The standard InChI is InChI=1S/C13H21BrN4S/c1-4-5-15-12-11(14)13(17-8-16-12)18-6-9(2)19-10(3)7-18/h8-10H,4-7H2,1-3H3,(H,15,16,17). The maximum Gasteiger partial charge on any atom is 0.148 e. The van der Waals surface area contributed by atoms with E-state index in [1.54, 1.807) is 6.33 Å². The monoisotopic (exact) mass is 344 g/mol. The smallest absolute Gasteiger partial charge is 0.148 e. The molecule has 2 atom stereocenters. The van der Waals surface area contributed by atoms with Crippen LogP contribution in [0.2, 0.25) is 0 Å². The summed E-state index contributed by atoms with van der Waals surface area (Å²) in [6, 6.07) is 0. The van der Waals surface area contributed by atoms with E-state index in [0.717, 1.165) is 42.2 Å². The van der Waals surface area contributed by atoms with Crippen LogP contribution in [-0.2, 0) is 0 Å². The Labute approximate surface area is 127 Å². The summed E-state index contributed by atoms with van der Waals surface area (Å²) in [5, 5.41) is 4.61. The topological polar surface area (TPSA) is 41.1 Å². The average Bonchev–Trinajstić information content (AvgIpc) is 2.36. The molecule has 2 unspecified atom stereocenters. The first kappa shape index (κ1) is 14.9. The van der Waals surface area contributed by atoms with Gasteiger partial charge in [0.2, 0.25) is 0 Å². The molecule has 0 saturated carbocycles. The number of thioether (sulfide) groups is 1. The minimum atomic E-state index is 0.637. The van der Waals surface area contributed by atoms with Crippen LogP contribution in [0.15, 0.2) is 10.8 Å². The Morgan fingerprint density at radius 3 is 2.68 bits per heavy atom. The lowest BCUT2D eigenvalue weighted by atomic mass is 10.3. The number of rotatable bonds is 4. The number of anilines is 2. The van der Waals surface area contributed by atoms with Crippen molar-refractivity contribution in [3.05, 3.63) is 10.8 Å². The largest absolute Gasteiger partial charge is 0.369 e. The van der Waals surface area contributed by atoms with Gasteiger partial charge in [0.05, 0.1) is 0 Å². The fourth-order valence-corrected chi connectivity index (χ4v) is 4.22. The highest BCUT2D eigenvalue weighted by Gasteiger charge is 2.25. The molecule has 0 spiro atoms. The van der Waals surface area contributed by atoms with Crippen molar-refractivity contribution in [3.8, 4) is 0 Å². The Hall–Kier alpha value is -0.490. The van der Waals surface area contributed by atoms with E-state index in [4.69, 9.17) is 0 Å². The van der Waals surface area contributed by atoms with E-state index in [1.807, 2.05) is 11.8 Å². The minimum absolute atomic E-state index is 0.637. The zero-order valence-electron chi connectivity index (χ0n) is 11.7. The molecule has 0 radical (unpaired) electrons. The van der Waals surface area contributed by atoms with E-state index in [0.29, 0.717) is 10.5 Å². The van der Waals surface area contributed by atoms with Crippen LogP contribution in [0.25, 0.3) is 0 Å². The molecule has 106 valence electrons. The SMILES string of the molecule is CCCNc1ncnc(N2CC(C)SC(C)C2)c1Br. The predicted molar refractivity (Wildman–Crippen MR) is 87.2 cm³/mol. The van der Waals surface area contributed by atoms with Gasteiger partial charge < -0.3 is 10.2 Å². The number of aromatic nitrogens is 2. The van der Waals surface area contributed by atoms with Gasteiger partial charge in [0.1, 0.15) is 22.4 Å². The third-order valence-electron chi connectivity index (χ3n) is 3.03. The van der Waals surface area contributed by atoms with Crippen molar-refractivity contribution in [1.29, 1.82) is 0 Å². The molecule has 1 fully saturated rings. The first-order valence-electron chi connectivity index (χ1n) is 6.76. The zero-order chi connectivity index (χ0) is 13.8. The Kier molecular flexibility index (Phi) is 5.33. The van der Waals surface area contributed by atoms with Gasteiger partial charge in [-0.05, 0) is 22.4 Å². The second kappa shape index (κ2) is 6.79. The van der Waals surface area contributed by atoms with Gasteiger partial charge in [0.15, 0.2) is 0 Å². The Morgan fingerprint density at radius 2 is 2.05 bits per heavy atom. The fourth-order valence-electron chi connectivity index (χ4n) is 2.30. The summed E-state index contributed by atoms with van der Waals surface area (Å²) in [5.41, 5.74) is 0. The van der Waals surface area contributed by atoms with Crippen molar-refractivity contribution in [2.75, 3.05) is 29.9 Å². The summed E-state index contributed by atoms with van der Waals surface area (Å²) >= 11 is 5.70. The molecular formula is C13H21BrN4S. The highest BCUT2D eigenvalue weighted by molar-refractivity contribution is 9.10. The summed E-state index contributed by atoms with van der Waals surface area (Å²) in [6.07, 6.45) is 2.73. The summed E-state index contributed by atoms with van der Waals surface area (Å²) in [7, 11) is 0. The van der Waals surface area contributed by atoms with Crippen molar-refractivity contribution in [1.82, 2.24) is 9.97 Å². The first-order valence-corrected chi connectivity index (χ1v) is 8.50. The van der Waals surface area contributed by atoms with Crippen LogP contribution in [0.3, 0.4) is 0 Å². The summed E-state index contributed by atoms with van der Waals surface area (Å²) in [4.78, 5) is 11.1. The summed E-state index contributed by atoms with van der Waals surface area (Å²) in [5.74, 6) is 1.90. The van der Waals surface area contributed by atoms with Crippen LogP contribution in [0, 0.1) is 0 Å². The van der Waals surface area contributed by atoms with E-state index in [-0.39, 0.29) is 0 Å². The van der Waals surface area contributed by atoms with E-state index < -0.39 is 0 Å². The average molecular weight is 345 g/mol. The molecule has 1 aromatic rings. The second-order valence-corrected chi connectivity index (χ2v) is 7.62. The third kappa shape index (κ3) is 3.75. The first-order chi connectivity index (χ1) is 9.11. The van der Waals surface area contributed by atoms with Crippen LogP contribution in [-0.4, -0.2) is 40.1 Å². The van der Waals surface area contributed by atoms with Crippen LogP contribution >= 0.6 is 27.7 Å². The molecule has 0 amide bonds. The Balaban J connectivity index is 2.19. The molecule has 4 nitrogen and oxygen atoms in total. The van der Waals surface area contributed by atoms with Gasteiger partial charge in [-0.2, -0.15) is 11.8 Å². The number of hydrogen-bond donors (Lipinski definition) is 1. The molecular weight excluding hydrogens is 324 g/mol. The molecule has 1 N–H and O–H groups in total. The number of halogens is 1. The number of nitrogens with one attached hydrogen (secondary N) is 1. The summed E-state index contributed by atoms with van der Waals surface area (Å²) in [6.45, 7) is 9.71.